The summed E-state index contributed by atoms with van der Waals surface area (Å²) < 4.78 is 5.28. The molecule has 0 radical (unpaired) electrons. The summed E-state index contributed by atoms with van der Waals surface area (Å²) in [5, 5.41) is 9.43. The third-order valence-corrected chi connectivity index (χ3v) is 3.63. The van der Waals surface area contributed by atoms with Crippen LogP contribution in [0.1, 0.15) is 35.5 Å². The van der Waals surface area contributed by atoms with Crippen molar-refractivity contribution in [3.8, 4) is 0 Å². The highest BCUT2D eigenvalue weighted by Gasteiger charge is 2.22. The van der Waals surface area contributed by atoms with Gasteiger partial charge in [-0.2, -0.15) is 4.98 Å². The Morgan fingerprint density at radius 2 is 2.47 bits per heavy atom. The Kier molecular flexibility index (Phi) is 4.15. The summed E-state index contributed by atoms with van der Waals surface area (Å²) in [4.78, 5) is 5.70. The van der Waals surface area contributed by atoms with E-state index in [-0.39, 0.29) is 18.4 Å². The molecule has 1 unspecified atom stereocenters. The zero-order valence-electron chi connectivity index (χ0n) is 9.26. The molecule has 1 N–H and O–H groups in total. The topological polar surface area (TPSA) is 51.0 Å². The van der Waals surface area contributed by atoms with Gasteiger partial charge < -0.3 is 9.84 Å². The van der Waals surface area contributed by atoms with Crippen molar-refractivity contribution in [3.63, 3.8) is 0 Å². The fraction of sp³-hybridized carbons (Fsp3) is 0.455. The first-order valence-electron chi connectivity index (χ1n) is 5.50. The van der Waals surface area contributed by atoms with Crippen LogP contribution in [0.5, 0.6) is 0 Å². The maximum atomic E-state index is 5.28. The highest BCUT2D eigenvalue weighted by molar-refractivity contribution is 7.09. The number of hydrogen-bond acceptors (Lipinski definition) is 5. The predicted molar refractivity (Wildman–Crippen MR) is 68.6 cm³/mol. The molecule has 17 heavy (non-hydrogen) atoms. The minimum atomic E-state index is 0. The van der Waals surface area contributed by atoms with Crippen LogP contribution in [0.4, 0.5) is 0 Å². The number of halogens is 1. The number of nitrogens with one attached hydrogen (secondary N) is 1. The van der Waals surface area contributed by atoms with E-state index in [9.17, 15) is 0 Å². The Labute approximate surface area is 110 Å². The van der Waals surface area contributed by atoms with Crippen LogP contribution in [-0.2, 0) is 6.42 Å². The van der Waals surface area contributed by atoms with Gasteiger partial charge in [0, 0.05) is 11.3 Å². The first kappa shape index (κ1) is 12.5. The number of rotatable bonds is 3. The Hall–Kier alpha value is -0.910. The summed E-state index contributed by atoms with van der Waals surface area (Å²) in [5.74, 6) is 1.52. The fourth-order valence-electron chi connectivity index (χ4n) is 1.95. The second kappa shape index (κ2) is 5.62. The maximum absolute atomic E-state index is 5.28. The highest BCUT2D eigenvalue weighted by Crippen LogP contribution is 2.22. The molecule has 0 spiro atoms. The van der Waals surface area contributed by atoms with Gasteiger partial charge in [-0.25, -0.2) is 0 Å². The summed E-state index contributed by atoms with van der Waals surface area (Å²) in [6, 6.07) is 4.40. The molecule has 6 heteroatoms. The van der Waals surface area contributed by atoms with E-state index in [0.29, 0.717) is 0 Å². The Balaban J connectivity index is 0.00000108. The van der Waals surface area contributed by atoms with Crippen LogP contribution >= 0.6 is 23.7 Å². The third-order valence-electron chi connectivity index (χ3n) is 2.75. The molecule has 0 aromatic carbocycles. The fourth-order valence-corrected chi connectivity index (χ4v) is 2.65. The molecule has 1 saturated heterocycles. The molecule has 2 aromatic rings. The standard InChI is InChI=1S/C11H13N3OS.ClH/c1-4-9(12-5-1)11-13-10(14-15-11)7-8-3-2-6-16-8;/h2-3,6,9,12H,1,4-5,7H2;1H. The Bertz CT molecular complexity index is 451. The van der Waals surface area contributed by atoms with Crippen LogP contribution in [0.15, 0.2) is 22.0 Å². The Morgan fingerprint density at radius 3 is 3.18 bits per heavy atom. The van der Waals surface area contributed by atoms with Crippen molar-refractivity contribution in [1.82, 2.24) is 15.5 Å². The highest BCUT2D eigenvalue weighted by atomic mass is 35.5. The lowest BCUT2D eigenvalue weighted by atomic mass is 10.2. The maximum Gasteiger partial charge on any atom is 0.243 e. The monoisotopic (exact) mass is 271 g/mol. The van der Waals surface area contributed by atoms with Gasteiger partial charge in [0.15, 0.2) is 5.82 Å². The summed E-state index contributed by atoms with van der Waals surface area (Å²) >= 11 is 1.72. The molecule has 3 heterocycles. The number of hydrogen-bond donors (Lipinski definition) is 1. The lowest BCUT2D eigenvalue weighted by Gasteiger charge is -2.01. The molecule has 0 aliphatic carbocycles. The molecule has 0 amide bonds. The van der Waals surface area contributed by atoms with Crippen molar-refractivity contribution >= 4 is 23.7 Å². The van der Waals surface area contributed by atoms with E-state index in [0.717, 1.165) is 31.1 Å². The molecular weight excluding hydrogens is 258 g/mol. The van der Waals surface area contributed by atoms with E-state index in [2.05, 4.69) is 26.9 Å². The first-order chi connectivity index (χ1) is 7.92. The Morgan fingerprint density at radius 1 is 1.53 bits per heavy atom. The quantitative estimate of drug-likeness (QED) is 0.932. The van der Waals surface area contributed by atoms with Crippen molar-refractivity contribution in [2.45, 2.75) is 25.3 Å². The molecule has 2 aromatic heterocycles. The average molecular weight is 272 g/mol. The van der Waals surface area contributed by atoms with Gasteiger partial charge in [0.05, 0.1) is 6.04 Å². The van der Waals surface area contributed by atoms with Gasteiger partial charge in [-0.1, -0.05) is 11.2 Å². The predicted octanol–water partition coefficient (Wildman–Crippen LogP) is 2.57. The molecular formula is C11H14ClN3OS. The third kappa shape index (κ3) is 2.86. The SMILES string of the molecule is Cl.c1csc(Cc2noc(C3CCCN3)n2)c1. The zero-order valence-corrected chi connectivity index (χ0v) is 10.9. The van der Waals surface area contributed by atoms with E-state index >= 15 is 0 Å². The number of aromatic nitrogens is 2. The normalized spacial score (nSPS) is 19.2. The minimum Gasteiger partial charge on any atom is -0.338 e. The summed E-state index contributed by atoms with van der Waals surface area (Å²) in [6.45, 7) is 1.05. The molecule has 3 rings (SSSR count). The molecule has 1 aliphatic rings. The van der Waals surface area contributed by atoms with Gasteiger partial charge in [-0.3, -0.25) is 0 Å². The van der Waals surface area contributed by atoms with E-state index < -0.39 is 0 Å². The van der Waals surface area contributed by atoms with Crippen molar-refractivity contribution in [2.75, 3.05) is 6.54 Å². The average Bonchev–Trinajstić information content (AvgIpc) is 2.99. The van der Waals surface area contributed by atoms with Crippen molar-refractivity contribution in [2.24, 2.45) is 0 Å². The van der Waals surface area contributed by atoms with Gasteiger partial charge in [-0.15, -0.1) is 23.7 Å². The lowest BCUT2D eigenvalue weighted by molar-refractivity contribution is 0.341. The summed E-state index contributed by atoms with van der Waals surface area (Å²) in [5.41, 5.74) is 0. The van der Waals surface area contributed by atoms with Crippen molar-refractivity contribution in [3.05, 3.63) is 34.1 Å². The lowest BCUT2D eigenvalue weighted by Crippen LogP contribution is -2.13. The van der Waals surface area contributed by atoms with Crippen LogP contribution in [0.3, 0.4) is 0 Å². The summed E-state index contributed by atoms with van der Waals surface area (Å²) in [7, 11) is 0. The molecule has 1 aliphatic heterocycles. The largest absolute Gasteiger partial charge is 0.338 e. The van der Waals surface area contributed by atoms with Crippen LogP contribution in [-0.4, -0.2) is 16.7 Å². The van der Waals surface area contributed by atoms with Crippen LogP contribution in [0.25, 0.3) is 0 Å². The smallest absolute Gasteiger partial charge is 0.243 e. The second-order valence-corrected chi connectivity index (χ2v) is 4.99. The molecule has 0 saturated carbocycles. The van der Waals surface area contributed by atoms with Crippen molar-refractivity contribution < 1.29 is 4.52 Å². The molecule has 1 atom stereocenters. The minimum absolute atomic E-state index is 0. The van der Waals surface area contributed by atoms with Crippen LogP contribution in [0, 0.1) is 0 Å². The van der Waals surface area contributed by atoms with E-state index in [1.54, 1.807) is 11.3 Å². The van der Waals surface area contributed by atoms with Gasteiger partial charge in [0.2, 0.25) is 5.89 Å². The molecule has 0 bridgehead atoms. The van der Waals surface area contributed by atoms with Gasteiger partial charge in [0.25, 0.3) is 0 Å². The second-order valence-electron chi connectivity index (χ2n) is 3.95. The van der Waals surface area contributed by atoms with Gasteiger partial charge in [0.1, 0.15) is 0 Å². The van der Waals surface area contributed by atoms with E-state index in [1.807, 2.05) is 6.07 Å². The van der Waals surface area contributed by atoms with Crippen LogP contribution in [0.2, 0.25) is 0 Å². The zero-order chi connectivity index (χ0) is 10.8. The van der Waals surface area contributed by atoms with Gasteiger partial charge >= 0.3 is 0 Å². The first-order valence-corrected chi connectivity index (χ1v) is 6.38. The number of nitrogens with zero attached hydrogens (tertiary/aromatic N) is 2. The summed E-state index contributed by atoms with van der Waals surface area (Å²) in [6.07, 6.45) is 3.06. The number of thiophene rings is 1. The molecule has 92 valence electrons. The van der Waals surface area contributed by atoms with Crippen molar-refractivity contribution in [1.29, 1.82) is 0 Å². The molecule has 1 fully saturated rings. The van der Waals surface area contributed by atoms with E-state index in [4.69, 9.17) is 4.52 Å². The van der Waals surface area contributed by atoms with Gasteiger partial charge in [-0.05, 0) is 30.8 Å². The van der Waals surface area contributed by atoms with Crippen LogP contribution < -0.4 is 5.32 Å². The molecule has 4 nitrogen and oxygen atoms in total. The van der Waals surface area contributed by atoms with E-state index in [1.165, 1.54) is 11.3 Å².